The highest BCUT2D eigenvalue weighted by atomic mass is 16.3. The summed E-state index contributed by atoms with van der Waals surface area (Å²) in [5, 5.41) is 9.74. The van der Waals surface area contributed by atoms with Crippen LogP contribution in [0, 0.1) is 17.3 Å². The van der Waals surface area contributed by atoms with E-state index in [2.05, 4.69) is 26.5 Å². The second kappa shape index (κ2) is 6.12. The van der Waals surface area contributed by atoms with E-state index < -0.39 is 5.60 Å². The van der Waals surface area contributed by atoms with Gasteiger partial charge in [0, 0.05) is 0 Å². The molecular weight excluding hydrogens is 256 g/mol. The molecule has 1 N–H and O–H groups in total. The molecular formula is C20H32O. The van der Waals surface area contributed by atoms with Gasteiger partial charge in [0.05, 0.1) is 5.60 Å². The Labute approximate surface area is 130 Å². The second-order valence-corrected chi connectivity index (χ2v) is 8.11. The summed E-state index contributed by atoms with van der Waals surface area (Å²) < 4.78 is 0. The lowest BCUT2D eigenvalue weighted by molar-refractivity contribution is 0.0831. The smallest absolute Gasteiger partial charge is 0.0774 e. The fraction of sp³-hybridized carbons (Fsp3) is 0.700. The standard InChI is InChI=1S/C20H32O/c1-15(8-6-11-19(3,4)21)17-10-13-20(5)12-7-9-16(2)18(20)14-17/h6,8,11,17-18,21H,2,7,9-10,12-14H2,1,3-5H3/b11-6+,15-8-/t17-,18+,20+/m1/s1. The molecule has 2 saturated carbocycles. The molecule has 21 heavy (non-hydrogen) atoms. The Kier molecular flexibility index (Phi) is 4.82. The van der Waals surface area contributed by atoms with Crippen molar-refractivity contribution in [2.75, 3.05) is 0 Å². The second-order valence-electron chi connectivity index (χ2n) is 8.11. The topological polar surface area (TPSA) is 20.2 Å². The monoisotopic (exact) mass is 288 g/mol. The van der Waals surface area contributed by atoms with Crippen molar-refractivity contribution in [1.29, 1.82) is 0 Å². The van der Waals surface area contributed by atoms with Gasteiger partial charge in [-0.1, -0.05) is 42.9 Å². The van der Waals surface area contributed by atoms with Crippen molar-refractivity contribution in [3.8, 4) is 0 Å². The molecule has 0 radical (unpaired) electrons. The first-order chi connectivity index (χ1) is 9.71. The summed E-state index contributed by atoms with van der Waals surface area (Å²) in [4.78, 5) is 0. The van der Waals surface area contributed by atoms with Gasteiger partial charge in [-0.2, -0.15) is 0 Å². The van der Waals surface area contributed by atoms with E-state index in [1.165, 1.54) is 49.7 Å². The Morgan fingerprint density at radius 1 is 1.38 bits per heavy atom. The molecule has 0 amide bonds. The van der Waals surface area contributed by atoms with Gasteiger partial charge in [-0.25, -0.2) is 0 Å². The van der Waals surface area contributed by atoms with Crippen LogP contribution in [0.5, 0.6) is 0 Å². The lowest BCUT2D eigenvalue weighted by atomic mass is 9.56. The molecule has 0 bridgehead atoms. The van der Waals surface area contributed by atoms with Gasteiger partial charge in [0.1, 0.15) is 0 Å². The minimum atomic E-state index is -0.723. The van der Waals surface area contributed by atoms with Gasteiger partial charge in [0.25, 0.3) is 0 Å². The molecule has 2 aliphatic carbocycles. The fourth-order valence-corrected chi connectivity index (χ4v) is 4.20. The zero-order chi connectivity index (χ0) is 15.7. The van der Waals surface area contributed by atoms with Crippen LogP contribution in [0.2, 0.25) is 0 Å². The van der Waals surface area contributed by atoms with E-state index in [0.29, 0.717) is 17.3 Å². The Balaban J connectivity index is 2.05. The summed E-state index contributed by atoms with van der Waals surface area (Å²) in [6.07, 6.45) is 13.9. The molecule has 0 saturated heterocycles. The van der Waals surface area contributed by atoms with Crippen LogP contribution in [-0.4, -0.2) is 10.7 Å². The van der Waals surface area contributed by atoms with Crippen LogP contribution in [0.4, 0.5) is 0 Å². The van der Waals surface area contributed by atoms with E-state index in [0.717, 1.165) is 0 Å². The van der Waals surface area contributed by atoms with Crippen LogP contribution in [0.3, 0.4) is 0 Å². The van der Waals surface area contributed by atoms with Gasteiger partial charge >= 0.3 is 0 Å². The number of allylic oxidation sites excluding steroid dienone is 4. The molecule has 118 valence electrons. The Morgan fingerprint density at radius 2 is 2.10 bits per heavy atom. The van der Waals surface area contributed by atoms with Crippen molar-refractivity contribution in [1.82, 2.24) is 0 Å². The highest BCUT2D eigenvalue weighted by Crippen LogP contribution is 2.54. The molecule has 2 aliphatic rings. The van der Waals surface area contributed by atoms with Crippen molar-refractivity contribution < 1.29 is 5.11 Å². The minimum absolute atomic E-state index is 0.509. The van der Waals surface area contributed by atoms with Crippen LogP contribution in [-0.2, 0) is 0 Å². The average Bonchev–Trinajstić information content (AvgIpc) is 2.36. The van der Waals surface area contributed by atoms with Crippen LogP contribution in [0.1, 0.15) is 66.2 Å². The Morgan fingerprint density at radius 3 is 2.76 bits per heavy atom. The molecule has 2 rings (SSSR count). The fourth-order valence-electron chi connectivity index (χ4n) is 4.20. The third-order valence-corrected chi connectivity index (χ3v) is 5.67. The number of fused-ring (bicyclic) bond motifs is 1. The zero-order valence-corrected chi connectivity index (χ0v) is 14.3. The molecule has 2 fully saturated rings. The molecule has 0 spiro atoms. The number of hydrogen-bond acceptors (Lipinski definition) is 1. The normalized spacial score (nSPS) is 35.1. The van der Waals surface area contributed by atoms with Crippen molar-refractivity contribution >= 4 is 0 Å². The summed E-state index contributed by atoms with van der Waals surface area (Å²) >= 11 is 0. The number of aliphatic hydroxyl groups is 1. The average molecular weight is 288 g/mol. The first-order valence-electron chi connectivity index (χ1n) is 8.47. The summed E-state index contributed by atoms with van der Waals surface area (Å²) in [5.74, 6) is 1.40. The van der Waals surface area contributed by atoms with Crippen LogP contribution in [0.15, 0.2) is 36.0 Å². The quantitative estimate of drug-likeness (QED) is 0.543. The maximum Gasteiger partial charge on any atom is 0.0774 e. The maximum atomic E-state index is 9.74. The summed E-state index contributed by atoms with van der Waals surface area (Å²) in [6.45, 7) is 12.7. The van der Waals surface area contributed by atoms with E-state index in [1.54, 1.807) is 0 Å². The molecule has 0 aromatic rings. The zero-order valence-electron chi connectivity index (χ0n) is 14.3. The van der Waals surface area contributed by atoms with Crippen LogP contribution < -0.4 is 0 Å². The Bertz CT molecular complexity index is 449. The van der Waals surface area contributed by atoms with E-state index >= 15 is 0 Å². The van der Waals surface area contributed by atoms with Crippen molar-refractivity contribution in [2.24, 2.45) is 17.3 Å². The summed E-state index contributed by atoms with van der Waals surface area (Å²) in [6, 6.07) is 0. The van der Waals surface area contributed by atoms with Gasteiger partial charge in [0.2, 0.25) is 0 Å². The lowest BCUT2D eigenvalue weighted by Crippen LogP contribution is -2.38. The summed E-state index contributed by atoms with van der Waals surface area (Å²) in [5.41, 5.74) is 2.73. The van der Waals surface area contributed by atoms with Crippen LogP contribution in [0.25, 0.3) is 0 Å². The van der Waals surface area contributed by atoms with Crippen LogP contribution >= 0.6 is 0 Å². The van der Waals surface area contributed by atoms with Gasteiger partial charge in [-0.15, -0.1) is 0 Å². The van der Waals surface area contributed by atoms with Crippen molar-refractivity contribution in [2.45, 2.75) is 71.8 Å². The lowest BCUT2D eigenvalue weighted by Gasteiger charge is -2.49. The molecule has 0 aromatic carbocycles. The Hall–Kier alpha value is -0.820. The first-order valence-corrected chi connectivity index (χ1v) is 8.47. The third kappa shape index (κ3) is 4.10. The number of rotatable bonds is 3. The maximum absolute atomic E-state index is 9.74. The molecule has 1 nitrogen and oxygen atoms in total. The van der Waals surface area contributed by atoms with Gasteiger partial charge in [-0.3, -0.25) is 0 Å². The highest BCUT2D eigenvalue weighted by molar-refractivity contribution is 5.20. The highest BCUT2D eigenvalue weighted by Gasteiger charge is 2.42. The molecule has 0 unspecified atom stereocenters. The van der Waals surface area contributed by atoms with E-state index in [-0.39, 0.29) is 0 Å². The molecule has 1 heteroatoms. The van der Waals surface area contributed by atoms with Crippen molar-refractivity contribution in [3.05, 3.63) is 36.0 Å². The molecule has 0 aromatic heterocycles. The van der Waals surface area contributed by atoms with Gasteiger partial charge in [-0.05, 0) is 76.5 Å². The van der Waals surface area contributed by atoms with E-state index in [1.807, 2.05) is 26.0 Å². The van der Waals surface area contributed by atoms with Gasteiger partial charge in [0.15, 0.2) is 0 Å². The first kappa shape index (κ1) is 16.5. The third-order valence-electron chi connectivity index (χ3n) is 5.67. The largest absolute Gasteiger partial charge is 0.386 e. The predicted molar refractivity (Wildman–Crippen MR) is 91.1 cm³/mol. The van der Waals surface area contributed by atoms with E-state index in [4.69, 9.17) is 0 Å². The predicted octanol–water partition coefficient (Wildman–Crippen LogP) is 5.42. The molecule has 0 aliphatic heterocycles. The number of hydrogen-bond donors (Lipinski definition) is 1. The summed E-state index contributed by atoms with van der Waals surface area (Å²) in [7, 11) is 0. The minimum Gasteiger partial charge on any atom is -0.386 e. The van der Waals surface area contributed by atoms with E-state index in [9.17, 15) is 5.11 Å². The van der Waals surface area contributed by atoms with Crippen molar-refractivity contribution in [3.63, 3.8) is 0 Å². The SMILES string of the molecule is C=C1CCC[C@@]2(C)CC[C@@H](/C(C)=C\C=C\C(C)(C)O)C[C@@H]12. The molecule has 0 heterocycles. The van der Waals surface area contributed by atoms with Gasteiger partial charge < -0.3 is 5.11 Å². The molecule has 3 atom stereocenters.